The molecule has 2 rings (SSSR count). The molecule has 15 heavy (non-hydrogen) atoms. The van der Waals surface area contributed by atoms with Crippen molar-refractivity contribution in [1.29, 1.82) is 0 Å². The topological polar surface area (TPSA) is 25.2 Å². The summed E-state index contributed by atoms with van der Waals surface area (Å²) in [5, 5.41) is 2.52. The molecule has 1 aliphatic carbocycles. The van der Waals surface area contributed by atoms with Crippen LogP contribution in [0.5, 0.6) is 0 Å². The minimum atomic E-state index is -4.15. The fraction of sp³-hybridized carbons (Fsp3) is 0.600. The van der Waals surface area contributed by atoms with Crippen LogP contribution in [0.2, 0.25) is 0 Å². The Bertz CT molecular complexity index is 332. The average Bonchev–Trinajstić information content (AvgIpc) is 2.61. The molecule has 0 amide bonds. The molecule has 0 fully saturated rings. The van der Waals surface area contributed by atoms with Crippen LogP contribution in [0.1, 0.15) is 30.2 Å². The Morgan fingerprint density at radius 2 is 2.27 bits per heavy atom. The summed E-state index contributed by atoms with van der Waals surface area (Å²) >= 11 is 0. The van der Waals surface area contributed by atoms with Crippen LogP contribution in [0, 0.1) is 0 Å². The van der Waals surface area contributed by atoms with E-state index >= 15 is 0 Å². The second-order valence-corrected chi connectivity index (χ2v) is 3.74. The van der Waals surface area contributed by atoms with Crippen LogP contribution in [0.25, 0.3) is 0 Å². The molecule has 1 unspecified atom stereocenters. The molecule has 84 valence electrons. The molecule has 1 aromatic rings. The lowest BCUT2D eigenvalue weighted by Gasteiger charge is -2.23. The van der Waals surface area contributed by atoms with Gasteiger partial charge in [0.1, 0.15) is 5.76 Å². The number of alkyl halides is 3. The molecule has 1 atom stereocenters. The van der Waals surface area contributed by atoms with Gasteiger partial charge in [-0.2, -0.15) is 13.2 Å². The monoisotopic (exact) mass is 219 g/mol. The molecule has 0 saturated carbocycles. The summed E-state index contributed by atoms with van der Waals surface area (Å²) < 4.78 is 41.3. The third kappa shape index (κ3) is 2.53. The summed E-state index contributed by atoms with van der Waals surface area (Å²) in [4.78, 5) is 0. The second-order valence-electron chi connectivity index (χ2n) is 3.74. The molecule has 2 nitrogen and oxygen atoms in total. The number of furan rings is 1. The molecule has 0 saturated heterocycles. The predicted molar refractivity (Wildman–Crippen MR) is 48.4 cm³/mol. The van der Waals surface area contributed by atoms with Gasteiger partial charge in [0, 0.05) is 18.0 Å². The first-order valence-electron chi connectivity index (χ1n) is 4.93. The van der Waals surface area contributed by atoms with Crippen molar-refractivity contribution in [3.63, 3.8) is 0 Å². The van der Waals surface area contributed by atoms with Gasteiger partial charge in [-0.1, -0.05) is 0 Å². The third-order valence-corrected chi connectivity index (χ3v) is 2.60. The van der Waals surface area contributed by atoms with Gasteiger partial charge in [-0.25, -0.2) is 0 Å². The van der Waals surface area contributed by atoms with E-state index in [0.717, 1.165) is 30.6 Å². The molecular weight excluding hydrogens is 207 g/mol. The largest absolute Gasteiger partial charge is 0.469 e. The molecule has 1 aromatic heterocycles. The maximum atomic E-state index is 12.0. The summed E-state index contributed by atoms with van der Waals surface area (Å²) in [6.45, 7) is -0.942. The van der Waals surface area contributed by atoms with Crippen molar-refractivity contribution in [1.82, 2.24) is 5.32 Å². The minimum Gasteiger partial charge on any atom is -0.469 e. The van der Waals surface area contributed by atoms with Gasteiger partial charge in [0.15, 0.2) is 0 Å². The molecule has 0 spiro atoms. The Kier molecular flexibility index (Phi) is 2.73. The highest BCUT2D eigenvalue weighted by atomic mass is 19.4. The molecule has 0 radical (unpaired) electrons. The van der Waals surface area contributed by atoms with E-state index in [-0.39, 0.29) is 6.04 Å². The summed E-state index contributed by atoms with van der Waals surface area (Å²) in [6, 6.07) is 1.54. The van der Waals surface area contributed by atoms with E-state index in [1.54, 1.807) is 6.07 Å². The van der Waals surface area contributed by atoms with Crippen molar-refractivity contribution in [2.75, 3.05) is 6.54 Å². The SMILES string of the molecule is FC(F)(F)CNC1CCCc2occc21. The number of rotatable bonds is 2. The van der Waals surface area contributed by atoms with Crippen LogP contribution in [-0.4, -0.2) is 12.7 Å². The Hall–Kier alpha value is -0.970. The number of nitrogens with one attached hydrogen (secondary N) is 1. The van der Waals surface area contributed by atoms with E-state index in [1.165, 1.54) is 6.26 Å². The number of hydrogen-bond acceptors (Lipinski definition) is 2. The van der Waals surface area contributed by atoms with Crippen LogP contribution in [0.3, 0.4) is 0 Å². The van der Waals surface area contributed by atoms with Gasteiger partial charge in [-0.05, 0) is 18.9 Å². The normalized spacial score (nSPS) is 21.4. The van der Waals surface area contributed by atoms with E-state index in [1.807, 2.05) is 0 Å². The predicted octanol–water partition coefficient (Wildman–Crippen LogP) is 2.81. The van der Waals surface area contributed by atoms with Crippen molar-refractivity contribution < 1.29 is 17.6 Å². The lowest BCUT2D eigenvalue weighted by Crippen LogP contribution is -2.33. The van der Waals surface area contributed by atoms with Crippen LogP contribution in [0.4, 0.5) is 13.2 Å². The van der Waals surface area contributed by atoms with E-state index < -0.39 is 12.7 Å². The van der Waals surface area contributed by atoms with Crippen molar-refractivity contribution in [2.24, 2.45) is 0 Å². The fourth-order valence-corrected chi connectivity index (χ4v) is 1.94. The third-order valence-electron chi connectivity index (χ3n) is 2.60. The number of aryl methyl sites for hydroxylation is 1. The van der Waals surface area contributed by atoms with Gasteiger partial charge >= 0.3 is 6.18 Å². The number of fused-ring (bicyclic) bond motifs is 1. The second kappa shape index (κ2) is 3.89. The van der Waals surface area contributed by atoms with E-state index in [2.05, 4.69) is 5.32 Å². The van der Waals surface area contributed by atoms with Gasteiger partial charge < -0.3 is 9.73 Å². The van der Waals surface area contributed by atoms with E-state index in [9.17, 15) is 13.2 Å². The van der Waals surface area contributed by atoms with E-state index in [4.69, 9.17) is 4.42 Å². The zero-order valence-electron chi connectivity index (χ0n) is 8.10. The first-order valence-corrected chi connectivity index (χ1v) is 4.93. The van der Waals surface area contributed by atoms with Crippen molar-refractivity contribution in [3.05, 3.63) is 23.7 Å². The summed E-state index contributed by atoms with van der Waals surface area (Å²) in [6.07, 6.45) is -0.176. The lowest BCUT2D eigenvalue weighted by molar-refractivity contribution is -0.126. The molecule has 1 aliphatic rings. The zero-order valence-corrected chi connectivity index (χ0v) is 8.10. The highest BCUT2D eigenvalue weighted by Gasteiger charge is 2.30. The first-order chi connectivity index (χ1) is 7.06. The zero-order chi connectivity index (χ0) is 10.9. The maximum Gasteiger partial charge on any atom is 0.401 e. The van der Waals surface area contributed by atoms with Crippen molar-refractivity contribution >= 4 is 0 Å². The Morgan fingerprint density at radius 1 is 1.47 bits per heavy atom. The molecule has 5 heteroatoms. The van der Waals surface area contributed by atoms with Crippen molar-refractivity contribution in [2.45, 2.75) is 31.5 Å². The van der Waals surface area contributed by atoms with Crippen LogP contribution >= 0.6 is 0 Å². The molecule has 1 N–H and O–H groups in total. The Balaban J connectivity index is 2.01. The van der Waals surface area contributed by atoms with E-state index in [0.29, 0.717) is 0 Å². The van der Waals surface area contributed by atoms with Crippen LogP contribution in [0.15, 0.2) is 16.7 Å². The Morgan fingerprint density at radius 3 is 3.00 bits per heavy atom. The first kappa shape index (κ1) is 10.5. The van der Waals surface area contributed by atoms with Gasteiger partial charge in [0.05, 0.1) is 12.8 Å². The molecule has 0 aromatic carbocycles. The molecule has 0 aliphatic heterocycles. The minimum absolute atomic E-state index is 0.214. The average molecular weight is 219 g/mol. The fourth-order valence-electron chi connectivity index (χ4n) is 1.94. The highest BCUT2D eigenvalue weighted by molar-refractivity contribution is 5.23. The number of hydrogen-bond donors (Lipinski definition) is 1. The lowest BCUT2D eigenvalue weighted by atomic mass is 9.93. The molecule has 1 heterocycles. The standard InChI is InChI=1S/C10H12F3NO/c11-10(12,13)6-14-8-2-1-3-9-7(8)4-5-15-9/h4-5,8,14H,1-3,6H2. The molecule has 0 bridgehead atoms. The van der Waals surface area contributed by atoms with Gasteiger partial charge in [-0.3, -0.25) is 0 Å². The van der Waals surface area contributed by atoms with Gasteiger partial charge in [-0.15, -0.1) is 0 Å². The quantitative estimate of drug-likeness (QED) is 0.827. The van der Waals surface area contributed by atoms with Crippen molar-refractivity contribution in [3.8, 4) is 0 Å². The smallest absolute Gasteiger partial charge is 0.401 e. The molecular formula is C10H12F3NO. The summed E-state index contributed by atoms with van der Waals surface area (Å²) in [7, 11) is 0. The van der Waals surface area contributed by atoms with Gasteiger partial charge in [0.25, 0.3) is 0 Å². The van der Waals surface area contributed by atoms with Gasteiger partial charge in [0.2, 0.25) is 0 Å². The van der Waals surface area contributed by atoms with Crippen LogP contribution in [-0.2, 0) is 6.42 Å². The number of halogens is 3. The van der Waals surface area contributed by atoms with Crippen LogP contribution < -0.4 is 5.32 Å². The maximum absolute atomic E-state index is 12.0. The summed E-state index contributed by atoms with van der Waals surface area (Å²) in [5.74, 6) is 0.820. The Labute approximate surface area is 85.5 Å². The summed E-state index contributed by atoms with van der Waals surface area (Å²) in [5.41, 5.74) is 0.880. The highest BCUT2D eigenvalue weighted by Crippen LogP contribution is 2.30.